The Morgan fingerprint density at radius 2 is 2.00 bits per heavy atom. The summed E-state index contributed by atoms with van der Waals surface area (Å²) in [5, 5.41) is 0. The van der Waals surface area contributed by atoms with E-state index in [-0.39, 0.29) is 12.2 Å². The van der Waals surface area contributed by atoms with Crippen LogP contribution in [-0.4, -0.2) is 12.8 Å². The standard InChI is InChI=1S/C9H7BrF3N/c10-7-1-2-8-6(5-7)3-4-14(8)9(11,12)13/h1-2,5H,3-4H2. The Morgan fingerprint density at radius 3 is 2.64 bits per heavy atom. The highest BCUT2D eigenvalue weighted by molar-refractivity contribution is 9.10. The number of hydrogen-bond acceptors (Lipinski definition) is 1. The van der Waals surface area contributed by atoms with Crippen LogP contribution in [0.5, 0.6) is 0 Å². The maximum Gasteiger partial charge on any atom is 0.484 e. The van der Waals surface area contributed by atoms with Crippen LogP contribution >= 0.6 is 15.9 Å². The van der Waals surface area contributed by atoms with Crippen molar-refractivity contribution in [1.29, 1.82) is 0 Å². The summed E-state index contributed by atoms with van der Waals surface area (Å²) in [6.45, 7) is 0.0231. The molecule has 0 fully saturated rings. The molecule has 0 atom stereocenters. The van der Waals surface area contributed by atoms with Crippen LogP contribution in [0.1, 0.15) is 5.56 Å². The minimum absolute atomic E-state index is 0.0231. The lowest BCUT2D eigenvalue weighted by molar-refractivity contribution is -0.127. The van der Waals surface area contributed by atoms with Gasteiger partial charge in [0.15, 0.2) is 0 Å². The third kappa shape index (κ3) is 1.61. The first-order valence-corrected chi connectivity index (χ1v) is 4.90. The van der Waals surface area contributed by atoms with Gasteiger partial charge in [0.25, 0.3) is 0 Å². The fourth-order valence-corrected chi connectivity index (χ4v) is 2.04. The molecule has 0 spiro atoms. The molecule has 1 aliphatic rings. The first-order valence-electron chi connectivity index (χ1n) is 4.11. The molecular formula is C9H7BrF3N. The normalized spacial score (nSPS) is 15.9. The molecule has 5 heteroatoms. The first-order chi connectivity index (χ1) is 6.48. The smallest absolute Gasteiger partial charge is 0.283 e. The molecule has 2 rings (SSSR count). The number of nitrogens with zero attached hydrogens (tertiary/aromatic N) is 1. The molecule has 0 saturated heterocycles. The van der Waals surface area contributed by atoms with Gasteiger partial charge in [-0.1, -0.05) is 15.9 Å². The molecule has 1 aromatic rings. The van der Waals surface area contributed by atoms with Crippen molar-refractivity contribution in [3.63, 3.8) is 0 Å². The number of fused-ring (bicyclic) bond motifs is 1. The van der Waals surface area contributed by atoms with Gasteiger partial charge in [-0.05, 0) is 30.2 Å². The summed E-state index contributed by atoms with van der Waals surface area (Å²) in [5.74, 6) is 0. The zero-order valence-corrected chi connectivity index (χ0v) is 8.69. The molecular weight excluding hydrogens is 259 g/mol. The summed E-state index contributed by atoms with van der Waals surface area (Å²) in [6.07, 6.45) is -3.81. The Labute approximate surface area is 87.6 Å². The van der Waals surface area contributed by atoms with E-state index in [9.17, 15) is 13.2 Å². The molecule has 1 aromatic carbocycles. The summed E-state index contributed by atoms with van der Waals surface area (Å²) in [5.41, 5.74) is 1.03. The number of rotatable bonds is 0. The molecule has 0 N–H and O–H groups in total. The van der Waals surface area contributed by atoms with Crippen LogP contribution in [0.4, 0.5) is 18.9 Å². The van der Waals surface area contributed by atoms with Gasteiger partial charge in [0, 0.05) is 16.7 Å². The molecule has 0 bridgehead atoms. The summed E-state index contributed by atoms with van der Waals surface area (Å²) >= 11 is 3.24. The van der Waals surface area contributed by atoms with E-state index in [1.165, 1.54) is 6.07 Å². The first kappa shape index (κ1) is 9.83. The van der Waals surface area contributed by atoms with Gasteiger partial charge in [-0.15, -0.1) is 0 Å². The van der Waals surface area contributed by atoms with Crippen molar-refractivity contribution in [2.75, 3.05) is 11.4 Å². The number of alkyl halides is 3. The van der Waals surface area contributed by atoms with Crippen LogP contribution in [0, 0.1) is 0 Å². The minimum Gasteiger partial charge on any atom is -0.283 e. The Kier molecular flexibility index (Phi) is 2.21. The zero-order valence-electron chi connectivity index (χ0n) is 7.11. The number of halogens is 4. The topological polar surface area (TPSA) is 3.24 Å². The lowest BCUT2D eigenvalue weighted by Crippen LogP contribution is -2.36. The van der Waals surface area contributed by atoms with Crippen molar-refractivity contribution in [2.24, 2.45) is 0 Å². The Bertz CT molecular complexity index is 362. The second-order valence-corrected chi connectivity index (χ2v) is 4.06. The van der Waals surface area contributed by atoms with Crippen LogP contribution in [0.15, 0.2) is 22.7 Å². The SMILES string of the molecule is FC(F)(F)N1CCc2cc(Br)ccc21. The average Bonchev–Trinajstić information content (AvgIpc) is 2.45. The molecule has 1 nitrogen and oxygen atoms in total. The molecule has 1 heterocycles. The van der Waals surface area contributed by atoms with E-state index in [4.69, 9.17) is 0 Å². The largest absolute Gasteiger partial charge is 0.484 e. The van der Waals surface area contributed by atoms with Gasteiger partial charge in [0.05, 0.1) is 0 Å². The summed E-state index contributed by atoms with van der Waals surface area (Å²) in [6, 6.07) is 4.86. The van der Waals surface area contributed by atoms with Crippen molar-refractivity contribution < 1.29 is 13.2 Å². The third-order valence-electron chi connectivity index (χ3n) is 2.24. The second kappa shape index (κ2) is 3.15. The highest BCUT2D eigenvalue weighted by Crippen LogP contribution is 2.37. The van der Waals surface area contributed by atoms with Gasteiger partial charge in [-0.2, -0.15) is 13.2 Å². The third-order valence-corrected chi connectivity index (χ3v) is 2.74. The van der Waals surface area contributed by atoms with Crippen molar-refractivity contribution in [1.82, 2.24) is 0 Å². The van der Waals surface area contributed by atoms with Gasteiger partial charge in [-0.3, -0.25) is 4.90 Å². The number of benzene rings is 1. The van der Waals surface area contributed by atoms with Gasteiger partial charge in [-0.25, -0.2) is 0 Å². The summed E-state index contributed by atoms with van der Waals surface area (Å²) in [4.78, 5) is 0.481. The van der Waals surface area contributed by atoms with Crippen LogP contribution < -0.4 is 4.90 Å². The van der Waals surface area contributed by atoms with Crippen LogP contribution in [0.2, 0.25) is 0 Å². The Morgan fingerprint density at radius 1 is 1.29 bits per heavy atom. The van der Waals surface area contributed by atoms with Gasteiger partial charge >= 0.3 is 6.30 Å². The summed E-state index contributed by atoms with van der Waals surface area (Å²) in [7, 11) is 0. The maximum atomic E-state index is 12.5. The number of anilines is 1. The van der Waals surface area contributed by atoms with Gasteiger partial charge < -0.3 is 0 Å². The van der Waals surface area contributed by atoms with Crippen molar-refractivity contribution in [3.05, 3.63) is 28.2 Å². The molecule has 0 saturated carbocycles. The molecule has 0 amide bonds. The fourth-order valence-electron chi connectivity index (χ4n) is 1.63. The highest BCUT2D eigenvalue weighted by atomic mass is 79.9. The zero-order chi connectivity index (χ0) is 10.3. The molecule has 14 heavy (non-hydrogen) atoms. The van der Waals surface area contributed by atoms with Crippen molar-refractivity contribution in [2.45, 2.75) is 12.7 Å². The molecule has 0 unspecified atom stereocenters. The maximum absolute atomic E-state index is 12.5. The molecule has 0 aromatic heterocycles. The van der Waals surface area contributed by atoms with E-state index in [2.05, 4.69) is 15.9 Å². The van der Waals surface area contributed by atoms with Gasteiger partial charge in [0.1, 0.15) is 0 Å². The second-order valence-electron chi connectivity index (χ2n) is 3.14. The Balaban J connectivity index is 2.41. The minimum atomic E-state index is -4.26. The lowest BCUT2D eigenvalue weighted by Gasteiger charge is -2.22. The van der Waals surface area contributed by atoms with Crippen LogP contribution in [0.25, 0.3) is 0 Å². The summed E-state index contributed by atoms with van der Waals surface area (Å²) < 4.78 is 38.2. The van der Waals surface area contributed by atoms with Gasteiger partial charge in [0.2, 0.25) is 0 Å². The van der Waals surface area contributed by atoms with E-state index in [1.54, 1.807) is 12.1 Å². The van der Waals surface area contributed by atoms with Crippen LogP contribution in [-0.2, 0) is 6.42 Å². The van der Waals surface area contributed by atoms with Crippen LogP contribution in [0.3, 0.4) is 0 Å². The van der Waals surface area contributed by atoms with E-state index in [0.717, 1.165) is 10.0 Å². The van der Waals surface area contributed by atoms with E-state index < -0.39 is 6.30 Å². The predicted octanol–water partition coefficient (Wildman–Crippen LogP) is 3.33. The van der Waals surface area contributed by atoms with E-state index >= 15 is 0 Å². The van der Waals surface area contributed by atoms with Crippen molar-refractivity contribution >= 4 is 21.6 Å². The molecule has 0 radical (unpaired) electrons. The fraction of sp³-hybridized carbons (Fsp3) is 0.333. The molecule has 1 aliphatic heterocycles. The Hall–Kier alpha value is -0.710. The lowest BCUT2D eigenvalue weighted by atomic mass is 10.2. The van der Waals surface area contributed by atoms with Crippen molar-refractivity contribution in [3.8, 4) is 0 Å². The molecule has 0 aliphatic carbocycles. The molecule has 76 valence electrons. The average molecular weight is 266 g/mol. The quantitative estimate of drug-likeness (QED) is 0.651. The monoisotopic (exact) mass is 265 g/mol. The highest BCUT2D eigenvalue weighted by Gasteiger charge is 2.40. The van der Waals surface area contributed by atoms with E-state index in [1.807, 2.05) is 0 Å². The van der Waals surface area contributed by atoms with E-state index in [0.29, 0.717) is 11.3 Å². The predicted molar refractivity (Wildman–Crippen MR) is 51.2 cm³/mol. The number of hydrogen-bond donors (Lipinski definition) is 0.